The molecule has 3 nitrogen and oxygen atoms in total. The van der Waals surface area contributed by atoms with Gasteiger partial charge in [0.05, 0.1) is 6.10 Å². The zero-order chi connectivity index (χ0) is 9.97. The van der Waals surface area contributed by atoms with Crippen LogP contribution in [0.15, 0.2) is 23.8 Å². The van der Waals surface area contributed by atoms with Gasteiger partial charge < -0.3 is 4.74 Å². The summed E-state index contributed by atoms with van der Waals surface area (Å²) < 4.78 is 5.46. The van der Waals surface area contributed by atoms with Crippen molar-refractivity contribution < 1.29 is 14.3 Å². The quantitative estimate of drug-likeness (QED) is 0.586. The molecule has 2 rings (SSSR count). The van der Waals surface area contributed by atoms with Crippen LogP contribution in [0.5, 0.6) is 0 Å². The summed E-state index contributed by atoms with van der Waals surface area (Å²) in [6.07, 6.45) is 6.82. The smallest absolute Gasteiger partial charge is 0.184 e. The molecule has 1 aliphatic heterocycles. The van der Waals surface area contributed by atoms with Crippen molar-refractivity contribution in [1.82, 2.24) is 0 Å². The van der Waals surface area contributed by atoms with E-state index >= 15 is 0 Å². The molecule has 0 aromatic heterocycles. The fraction of sp³-hybridized carbons (Fsp3) is 0.455. The van der Waals surface area contributed by atoms with Crippen molar-refractivity contribution in [3.05, 3.63) is 23.8 Å². The van der Waals surface area contributed by atoms with Crippen LogP contribution in [0.3, 0.4) is 0 Å². The van der Waals surface area contributed by atoms with Crippen LogP contribution in [0.4, 0.5) is 0 Å². The third kappa shape index (κ3) is 1.82. The first-order chi connectivity index (χ1) is 6.77. The molecule has 0 aromatic carbocycles. The largest absolute Gasteiger partial charge is 0.373 e. The monoisotopic (exact) mass is 192 g/mol. The summed E-state index contributed by atoms with van der Waals surface area (Å²) in [7, 11) is 0. The fourth-order valence-corrected chi connectivity index (χ4v) is 1.76. The van der Waals surface area contributed by atoms with Crippen molar-refractivity contribution in [2.45, 2.75) is 25.4 Å². The number of allylic oxidation sites excluding steroid dienone is 3. The highest BCUT2D eigenvalue weighted by Gasteiger charge is 2.24. The first-order valence-electron chi connectivity index (χ1n) is 4.87. The van der Waals surface area contributed by atoms with Crippen molar-refractivity contribution >= 4 is 11.6 Å². The Morgan fingerprint density at radius 3 is 2.79 bits per heavy atom. The predicted octanol–water partition coefficient (Wildman–Crippen LogP) is 1.19. The molecule has 0 spiro atoms. The average molecular weight is 192 g/mol. The maximum Gasteiger partial charge on any atom is 0.184 e. The third-order valence-corrected chi connectivity index (χ3v) is 2.51. The maximum atomic E-state index is 11.5. The van der Waals surface area contributed by atoms with E-state index in [1.165, 1.54) is 18.2 Å². The lowest BCUT2D eigenvalue weighted by molar-refractivity contribution is -0.116. The van der Waals surface area contributed by atoms with Crippen LogP contribution in [-0.2, 0) is 14.3 Å². The summed E-state index contributed by atoms with van der Waals surface area (Å²) in [6.45, 7) is 0.688. The van der Waals surface area contributed by atoms with Crippen molar-refractivity contribution in [1.29, 1.82) is 0 Å². The van der Waals surface area contributed by atoms with Gasteiger partial charge in [-0.1, -0.05) is 0 Å². The Morgan fingerprint density at radius 2 is 2.07 bits per heavy atom. The summed E-state index contributed by atoms with van der Waals surface area (Å²) in [6, 6.07) is 0. The van der Waals surface area contributed by atoms with E-state index in [-0.39, 0.29) is 17.7 Å². The van der Waals surface area contributed by atoms with E-state index in [0.717, 1.165) is 19.3 Å². The van der Waals surface area contributed by atoms with Crippen LogP contribution in [0.2, 0.25) is 0 Å². The van der Waals surface area contributed by atoms with Crippen molar-refractivity contribution in [3.8, 4) is 0 Å². The Labute approximate surface area is 82.4 Å². The number of ketones is 2. The van der Waals surface area contributed by atoms with E-state index in [4.69, 9.17) is 4.74 Å². The molecular weight excluding hydrogens is 180 g/mol. The van der Waals surface area contributed by atoms with Crippen molar-refractivity contribution in [3.63, 3.8) is 0 Å². The zero-order valence-corrected chi connectivity index (χ0v) is 7.86. The fourth-order valence-electron chi connectivity index (χ4n) is 1.76. The lowest BCUT2D eigenvalue weighted by Gasteiger charge is -2.24. The number of ether oxygens (including phenoxy) is 1. The SMILES string of the molecule is O=C1C=CC(=O)C(C2CCCCO2)=C1. The van der Waals surface area contributed by atoms with Gasteiger partial charge in [-0.3, -0.25) is 9.59 Å². The van der Waals surface area contributed by atoms with E-state index in [9.17, 15) is 9.59 Å². The second-order valence-electron chi connectivity index (χ2n) is 3.55. The van der Waals surface area contributed by atoms with Gasteiger partial charge in [0.25, 0.3) is 0 Å². The summed E-state index contributed by atoms with van der Waals surface area (Å²) in [5.74, 6) is -0.203. The molecule has 1 saturated heterocycles. The molecule has 2 aliphatic rings. The molecular formula is C11H12O3. The Balaban J connectivity index is 2.15. The molecule has 14 heavy (non-hydrogen) atoms. The second-order valence-corrected chi connectivity index (χ2v) is 3.55. The lowest BCUT2D eigenvalue weighted by atomic mass is 9.94. The minimum absolute atomic E-state index is 0.0866. The van der Waals surface area contributed by atoms with E-state index in [1.807, 2.05) is 0 Å². The number of carbonyl (C=O) groups is 2. The summed E-state index contributed by atoms with van der Waals surface area (Å²) in [4.78, 5) is 22.5. The van der Waals surface area contributed by atoms with Gasteiger partial charge in [0.15, 0.2) is 11.6 Å². The molecule has 1 atom stereocenters. The second kappa shape index (κ2) is 3.88. The lowest BCUT2D eigenvalue weighted by Crippen LogP contribution is -2.26. The Kier molecular flexibility index (Phi) is 2.59. The average Bonchev–Trinajstić information content (AvgIpc) is 2.23. The Bertz CT molecular complexity index is 319. The van der Waals surface area contributed by atoms with Gasteiger partial charge in [0, 0.05) is 12.2 Å². The Hall–Kier alpha value is -1.22. The van der Waals surface area contributed by atoms with Crippen LogP contribution in [-0.4, -0.2) is 24.3 Å². The van der Waals surface area contributed by atoms with Gasteiger partial charge in [0.1, 0.15) is 0 Å². The molecule has 1 fully saturated rings. The van der Waals surface area contributed by atoms with Gasteiger partial charge in [-0.15, -0.1) is 0 Å². The third-order valence-electron chi connectivity index (χ3n) is 2.51. The molecule has 0 saturated carbocycles. The number of hydrogen-bond donors (Lipinski definition) is 0. The Morgan fingerprint density at radius 1 is 1.21 bits per heavy atom. The highest BCUT2D eigenvalue weighted by Crippen LogP contribution is 2.22. The number of hydrogen-bond acceptors (Lipinski definition) is 3. The van der Waals surface area contributed by atoms with Crippen LogP contribution < -0.4 is 0 Å². The van der Waals surface area contributed by atoms with Crippen LogP contribution >= 0.6 is 0 Å². The molecule has 1 aliphatic carbocycles. The summed E-state index contributed by atoms with van der Waals surface area (Å²) >= 11 is 0. The molecule has 0 bridgehead atoms. The van der Waals surface area contributed by atoms with Crippen LogP contribution in [0, 0.1) is 0 Å². The maximum absolute atomic E-state index is 11.5. The molecule has 0 N–H and O–H groups in total. The highest BCUT2D eigenvalue weighted by molar-refractivity contribution is 6.17. The molecule has 1 heterocycles. The molecule has 0 radical (unpaired) electrons. The predicted molar refractivity (Wildman–Crippen MR) is 50.8 cm³/mol. The first kappa shape index (κ1) is 9.34. The minimum atomic E-state index is -0.162. The molecule has 0 amide bonds. The van der Waals surface area contributed by atoms with Gasteiger partial charge in [0.2, 0.25) is 0 Å². The molecule has 0 aromatic rings. The van der Waals surface area contributed by atoms with Crippen LogP contribution in [0.25, 0.3) is 0 Å². The molecule has 1 unspecified atom stereocenters. The topological polar surface area (TPSA) is 43.4 Å². The van der Waals surface area contributed by atoms with Crippen LogP contribution in [0.1, 0.15) is 19.3 Å². The van der Waals surface area contributed by atoms with E-state index < -0.39 is 0 Å². The standard InChI is InChI=1S/C11H12O3/c12-8-4-5-10(13)9(7-8)11-3-1-2-6-14-11/h4-5,7,11H,1-3,6H2. The van der Waals surface area contributed by atoms with E-state index in [0.29, 0.717) is 12.2 Å². The van der Waals surface area contributed by atoms with Gasteiger partial charge in [-0.2, -0.15) is 0 Å². The normalized spacial score (nSPS) is 27.7. The number of rotatable bonds is 1. The molecule has 3 heteroatoms. The van der Waals surface area contributed by atoms with E-state index in [2.05, 4.69) is 0 Å². The van der Waals surface area contributed by atoms with Gasteiger partial charge in [-0.05, 0) is 37.5 Å². The van der Waals surface area contributed by atoms with Gasteiger partial charge in [-0.25, -0.2) is 0 Å². The van der Waals surface area contributed by atoms with Crippen molar-refractivity contribution in [2.75, 3.05) is 6.61 Å². The summed E-state index contributed by atoms with van der Waals surface area (Å²) in [5.41, 5.74) is 0.525. The van der Waals surface area contributed by atoms with Crippen molar-refractivity contribution in [2.24, 2.45) is 0 Å². The zero-order valence-electron chi connectivity index (χ0n) is 7.86. The number of carbonyl (C=O) groups excluding carboxylic acids is 2. The van der Waals surface area contributed by atoms with E-state index in [1.54, 1.807) is 0 Å². The molecule has 74 valence electrons. The van der Waals surface area contributed by atoms with Gasteiger partial charge >= 0.3 is 0 Å². The highest BCUT2D eigenvalue weighted by atomic mass is 16.5. The first-order valence-corrected chi connectivity index (χ1v) is 4.87. The summed E-state index contributed by atoms with van der Waals surface area (Å²) in [5, 5.41) is 0. The minimum Gasteiger partial charge on any atom is -0.373 e.